The molecule has 1 rings (SSSR count). The second-order valence-corrected chi connectivity index (χ2v) is 3.51. The number of rotatable bonds is 3. The number of halogens is 1. The number of ether oxygens (including phenoxy) is 1. The molecule has 0 fully saturated rings. The Labute approximate surface area is 94.2 Å². The van der Waals surface area contributed by atoms with Gasteiger partial charge >= 0.3 is 12.1 Å². The number of hydrogen-bond donors (Lipinski definition) is 2. The Morgan fingerprint density at radius 2 is 1.93 bits per heavy atom. The lowest BCUT2D eigenvalue weighted by molar-refractivity contribution is -0.135. The van der Waals surface area contributed by atoms with E-state index in [0.29, 0.717) is 5.75 Å². The molecule has 0 radical (unpaired) electrons. The van der Waals surface area contributed by atoms with Crippen molar-refractivity contribution in [3.63, 3.8) is 0 Å². The first-order valence-corrected chi connectivity index (χ1v) is 4.80. The molecule has 0 aliphatic heterocycles. The topological polar surface area (TPSA) is 75.6 Å². The lowest BCUT2D eigenvalue weighted by Gasteiger charge is -2.04. The van der Waals surface area contributed by atoms with E-state index in [9.17, 15) is 9.59 Å². The number of carboxylic acid groups (broad SMARTS) is 1. The van der Waals surface area contributed by atoms with Gasteiger partial charge in [0, 0.05) is 4.47 Å². The fourth-order valence-electron chi connectivity index (χ4n) is 0.794. The maximum atomic E-state index is 11.0. The number of carbonyl (C=O) groups is 2. The summed E-state index contributed by atoms with van der Waals surface area (Å²) in [5, 5.41) is 10.4. The molecule has 0 saturated carbocycles. The van der Waals surface area contributed by atoms with Crippen molar-refractivity contribution in [3.05, 3.63) is 28.7 Å². The van der Waals surface area contributed by atoms with E-state index in [4.69, 9.17) is 9.84 Å². The number of carbonyl (C=O) groups excluding carboxylic acids is 1. The Balaban J connectivity index is 2.44. The Morgan fingerprint density at radius 3 is 2.47 bits per heavy atom. The largest absolute Gasteiger partial charge is 0.480 e. The van der Waals surface area contributed by atoms with Crippen molar-refractivity contribution in [3.8, 4) is 5.75 Å². The van der Waals surface area contributed by atoms with Gasteiger partial charge in [0.05, 0.1) is 0 Å². The SMILES string of the molecule is O=C(O)CNC(=O)Oc1ccc(Br)cc1. The molecular formula is C9H8BrNO4. The van der Waals surface area contributed by atoms with Crippen LogP contribution < -0.4 is 10.1 Å². The summed E-state index contributed by atoms with van der Waals surface area (Å²) in [6, 6.07) is 6.59. The zero-order valence-corrected chi connectivity index (χ0v) is 9.15. The van der Waals surface area contributed by atoms with Gasteiger partial charge in [0.15, 0.2) is 0 Å². The average molecular weight is 274 g/mol. The Morgan fingerprint density at radius 1 is 1.33 bits per heavy atom. The van der Waals surface area contributed by atoms with Crippen LogP contribution in [0.15, 0.2) is 28.7 Å². The molecule has 2 N–H and O–H groups in total. The third kappa shape index (κ3) is 4.46. The van der Waals surface area contributed by atoms with E-state index in [2.05, 4.69) is 21.2 Å². The molecule has 6 heteroatoms. The molecule has 0 unspecified atom stereocenters. The first-order valence-electron chi connectivity index (χ1n) is 4.01. The highest BCUT2D eigenvalue weighted by molar-refractivity contribution is 9.10. The van der Waals surface area contributed by atoms with Crippen LogP contribution in [-0.4, -0.2) is 23.7 Å². The van der Waals surface area contributed by atoms with Crippen LogP contribution in [0.5, 0.6) is 5.75 Å². The number of hydrogen-bond acceptors (Lipinski definition) is 3. The highest BCUT2D eigenvalue weighted by Crippen LogP contribution is 2.15. The van der Waals surface area contributed by atoms with E-state index in [1.165, 1.54) is 0 Å². The van der Waals surface area contributed by atoms with Gasteiger partial charge in [0.2, 0.25) is 0 Å². The van der Waals surface area contributed by atoms with Crippen LogP contribution in [0.25, 0.3) is 0 Å². The predicted molar refractivity (Wildman–Crippen MR) is 55.8 cm³/mol. The first-order chi connectivity index (χ1) is 7.08. The average Bonchev–Trinajstić information content (AvgIpc) is 2.19. The van der Waals surface area contributed by atoms with Gasteiger partial charge in [-0.15, -0.1) is 0 Å². The molecule has 0 bridgehead atoms. The Bertz CT molecular complexity index is 363. The van der Waals surface area contributed by atoms with Gasteiger partial charge < -0.3 is 15.2 Å². The highest BCUT2D eigenvalue weighted by atomic mass is 79.9. The normalized spacial score (nSPS) is 9.40. The molecule has 5 nitrogen and oxygen atoms in total. The summed E-state index contributed by atoms with van der Waals surface area (Å²) in [7, 11) is 0. The fourth-order valence-corrected chi connectivity index (χ4v) is 1.06. The molecule has 0 aromatic heterocycles. The monoisotopic (exact) mass is 273 g/mol. The van der Waals surface area contributed by atoms with Gasteiger partial charge in [0.25, 0.3) is 0 Å². The third-order valence-electron chi connectivity index (χ3n) is 1.41. The van der Waals surface area contributed by atoms with Crippen molar-refractivity contribution in [1.29, 1.82) is 0 Å². The predicted octanol–water partition coefficient (Wildman–Crippen LogP) is 1.62. The quantitative estimate of drug-likeness (QED) is 0.878. The van der Waals surface area contributed by atoms with E-state index in [1.807, 2.05) is 0 Å². The third-order valence-corrected chi connectivity index (χ3v) is 1.94. The van der Waals surface area contributed by atoms with Crippen molar-refractivity contribution in [1.82, 2.24) is 5.32 Å². The van der Waals surface area contributed by atoms with Gasteiger partial charge in [0.1, 0.15) is 12.3 Å². The maximum absolute atomic E-state index is 11.0. The molecular weight excluding hydrogens is 266 g/mol. The summed E-state index contributed by atoms with van der Waals surface area (Å²) in [5.74, 6) is -0.774. The number of amides is 1. The summed E-state index contributed by atoms with van der Waals surface area (Å²) in [6.07, 6.45) is -0.792. The van der Waals surface area contributed by atoms with Crippen LogP contribution in [0.3, 0.4) is 0 Å². The minimum absolute atomic E-state index is 0.348. The molecule has 0 heterocycles. The van der Waals surface area contributed by atoms with Gasteiger partial charge in [-0.05, 0) is 24.3 Å². The van der Waals surface area contributed by atoms with E-state index in [1.54, 1.807) is 24.3 Å². The van der Waals surface area contributed by atoms with Crippen molar-refractivity contribution < 1.29 is 19.4 Å². The van der Waals surface area contributed by atoms with E-state index in [-0.39, 0.29) is 0 Å². The number of nitrogens with one attached hydrogen (secondary N) is 1. The molecule has 80 valence electrons. The van der Waals surface area contributed by atoms with Crippen LogP contribution in [-0.2, 0) is 4.79 Å². The zero-order valence-electron chi connectivity index (χ0n) is 7.57. The molecule has 1 amide bonds. The Hall–Kier alpha value is -1.56. The molecule has 1 aromatic rings. The van der Waals surface area contributed by atoms with Crippen LogP contribution in [0.2, 0.25) is 0 Å². The molecule has 0 spiro atoms. The molecule has 0 aliphatic carbocycles. The molecule has 0 atom stereocenters. The number of benzene rings is 1. The van der Waals surface area contributed by atoms with Crippen LogP contribution in [0.4, 0.5) is 4.79 Å². The summed E-state index contributed by atoms with van der Waals surface area (Å²) in [4.78, 5) is 21.1. The lowest BCUT2D eigenvalue weighted by Crippen LogP contribution is -2.31. The van der Waals surface area contributed by atoms with E-state index >= 15 is 0 Å². The van der Waals surface area contributed by atoms with Gasteiger partial charge in [-0.1, -0.05) is 15.9 Å². The maximum Gasteiger partial charge on any atom is 0.413 e. The minimum Gasteiger partial charge on any atom is -0.480 e. The summed E-state index contributed by atoms with van der Waals surface area (Å²) >= 11 is 3.23. The molecule has 0 aliphatic rings. The highest BCUT2D eigenvalue weighted by Gasteiger charge is 2.05. The second kappa shape index (κ2) is 5.35. The molecule has 15 heavy (non-hydrogen) atoms. The lowest BCUT2D eigenvalue weighted by atomic mass is 10.3. The number of aliphatic carboxylic acids is 1. The van der Waals surface area contributed by atoms with Gasteiger partial charge in [-0.3, -0.25) is 4.79 Å². The Kier molecular flexibility index (Phi) is 4.11. The van der Waals surface area contributed by atoms with Crippen LogP contribution in [0.1, 0.15) is 0 Å². The van der Waals surface area contributed by atoms with Crippen LogP contribution in [0, 0.1) is 0 Å². The molecule has 0 saturated heterocycles. The van der Waals surface area contributed by atoms with Crippen molar-refractivity contribution in [2.75, 3.05) is 6.54 Å². The van der Waals surface area contributed by atoms with Crippen molar-refractivity contribution >= 4 is 28.0 Å². The van der Waals surface area contributed by atoms with Crippen molar-refractivity contribution in [2.24, 2.45) is 0 Å². The van der Waals surface area contributed by atoms with Gasteiger partial charge in [-0.2, -0.15) is 0 Å². The second-order valence-electron chi connectivity index (χ2n) is 2.59. The van der Waals surface area contributed by atoms with E-state index in [0.717, 1.165) is 4.47 Å². The standard InChI is InChI=1S/C9H8BrNO4/c10-6-1-3-7(4-2-6)15-9(14)11-5-8(12)13/h1-4H,5H2,(H,11,14)(H,12,13). The smallest absolute Gasteiger partial charge is 0.413 e. The minimum atomic E-state index is -1.12. The number of carboxylic acids is 1. The molecule has 1 aromatic carbocycles. The summed E-state index contributed by atoms with van der Waals surface area (Å²) < 4.78 is 5.65. The van der Waals surface area contributed by atoms with Gasteiger partial charge in [-0.25, -0.2) is 4.79 Å². The van der Waals surface area contributed by atoms with Crippen molar-refractivity contribution in [2.45, 2.75) is 0 Å². The fraction of sp³-hybridized carbons (Fsp3) is 0.111. The van der Waals surface area contributed by atoms with E-state index < -0.39 is 18.6 Å². The first kappa shape index (κ1) is 11.5. The summed E-state index contributed by atoms with van der Waals surface area (Å²) in [5.41, 5.74) is 0. The zero-order chi connectivity index (χ0) is 11.3. The van der Waals surface area contributed by atoms with Crippen LogP contribution >= 0.6 is 15.9 Å². The summed E-state index contributed by atoms with van der Waals surface area (Å²) in [6.45, 7) is -0.463.